The molecule has 6 heteroatoms. The van der Waals surface area contributed by atoms with E-state index in [1.807, 2.05) is 13.8 Å². The molecule has 0 saturated carbocycles. The Morgan fingerprint density at radius 1 is 0.900 bits per heavy atom. The number of benzene rings is 2. The topological polar surface area (TPSA) is 46.2 Å². The minimum atomic E-state index is -3.63. The van der Waals surface area contributed by atoms with Gasteiger partial charge in [0, 0.05) is 0 Å². The van der Waals surface area contributed by atoms with Crippen LogP contribution in [0, 0.1) is 13.8 Å². The molecule has 0 aromatic heterocycles. The highest BCUT2D eigenvalue weighted by molar-refractivity contribution is 7.92. The van der Waals surface area contributed by atoms with Crippen LogP contribution >= 0.6 is 23.2 Å². The van der Waals surface area contributed by atoms with E-state index in [2.05, 4.69) is 4.72 Å². The highest BCUT2D eigenvalue weighted by Crippen LogP contribution is 2.26. The van der Waals surface area contributed by atoms with E-state index in [-0.39, 0.29) is 4.90 Å². The first kappa shape index (κ1) is 15.2. The Kier molecular flexibility index (Phi) is 4.28. The van der Waals surface area contributed by atoms with Crippen molar-refractivity contribution in [3.8, 4) is 0 Å². The van der Waals surface area contributed by atoms with E-state index >= 15 is 0 Å². The molecule has 0 bridgehead atoms. The van der Waals surface area contributed by atoms with E-state index < -0.39 is 10.0 Å². The predicted molar refractivity (Wildman–Crippen MR) is 83.2 cm³/mol. The fourth-order valence-electron chi connectivity index (χ4n) is 1.65. The first-order valence-electron chi connectivity index (χ1n) is 5.85. The van der Waals surface area contributed by atoms with Gasteiger partial charge in [-0.15, -0.1) is 0 Å². The predicted octanol–water partition coefficient (Wildman–Crippen LogP) is 4.41. The van der Waals surface area contributed by atoms with E-state index in [1.165, 1.54) is 6.07 Å². The van der Waals surface area contributed by atoms with Gasteiger partial charge in [0.05, 0.1) is 20.6 Å². The number of anilines is 1. The van der Waals surface area contributed by atoms with Crippen LogP contribution in [-0.4, -0.2) is 8.42 Å². The second-order valence-electron chi connectivity index (χ2n) is 4.48. The Bertz CT molecular complexity index is 758. The van der Waals surface area contributed by atoms with Crippen molar-refractivity contribution in [3.05, 3.63) is 57.6 Å². The highest BCUT2D eigenvalue weighted by Gasteiger charge is 2.15. The van der Waals surface area contributed by atoms with Gasteiger partial charge in [0.15, 0.2) is 0 Å². The van der Waals surface area contributed by atoms with Crippen LogP contribution < -0.4 is 4.72 Å². The fraction of sp³-hybridized carbons (Fsp3) is 0.143. The zero-order valence-corrected chi connectivity index (χ0v) is 13.3. The first-order valence-corrected chi connectivity index (χ1v) is 8.08. The largest absolute Gasteiger partial charge is 0.280 e. The zero-order valence-electron chi connectivity index (χ0n) is 10.9. The molecular weight excluding hydrogens is 317 g/mol. The summed E-state index contributed by atoms with van der Waals surface area (Å²) in [6, 6.07) is 9.56. The first-order chi connectivity index (χ1) is 9.29. The van der Waals surface area contributed by atoms with E-state index in [1.54, 1.807) is 30.3 Å². The molecule has 2 aromatic rings. The van der Waals surface area contributed by atoms with Gasteiger partial charge in [-0.05, 0) is 55.3 Å². The van der Waals surface area contributed by atoms with Crippen LogP contribution in [0.5, 0.6) is 0 Å². The van der Waals surface area contributed by atoms with Crippen molar-refractivity contribution in [2.75, 3.05) is 4.72 Å². The minimum absolute atomic E-state index is 0.215. The fourth-order valence-corrected chi connectivity index (χ4v) is 3.09. The van der Waals surface area contributed by atoms with Crippen LogP contribution in [0.3, 0.4) is 0 Å². The molecule has 0 aliphatic heterocycles. The molecule has 0 spiro atoms. The van der Waals surface area contributed by atoms with Gasteiger partial charge in [-0.25, -0.2) is 8.42 Å². The van der Waals surface area contributed by atoms with Crippen LogP contribution in [0.1, 0.15) is 11.1 Å². The molecule has 3 nitrogen and oxygen atoms in total. The maximum absolute atomic E-state index is 12.3. The van der Waals surface area contributed by atoms with Crippen LogP contribution in [0.4, 0.5) is 5.69 Å². The molecule has 0 fully saturated rings. The summed E-state index contributed by atoms with van der Waals surface area (Å²) in [6.45, 7) is 3.80. The SMILES string of the molecule is Cc1ccc(S(=O)(=O)Nc2ccc(Cl)c(Cl)c2)cc1C. The summed E-state index contributed by atoms with van der Waals surface area (Å²) in [5.41, 5.74) is 2.33. The van der Waals surface area contributed by atoms with Crippen molar-refractivity contribution in [1.82, 2.24) is 0 Å². The van der Waals surface area contributed by atoms with E-state index in [4.69, 9.17) is 23.2 Å². The van der Waals surface area contributed by atoms with E-state index in [0.29, 0.717) is 15.7 Å². The smallest absolute Gasteiger partial charge is 0.261 e. The summed E-state index contributed by atoms with van der Waals surface area (Å²) in [4.78, 5) is 0.215. The standard InChI is InChI=1S/C14H13Cl2NO2S/c1-9-3-5-12(7-10(9)2)20(18,19)17-11-4-6-13(15)14(16)8-11/h3-8,17H,1-2H3. The maximum Gasteiger partial charge on any atom is 0.261 e. The normalized spacial score (nSPS) is 11.4. The van der Waals surface area contributed by atoms with Gasteiger partial charge in [-0.3, -0.25) is 4.72 Å². The number of sulfonamides is 1. The summed E-state index contributed by atoms with van der Waals surface area (Å²) >= 11 is 11.7. The molecule has 106 valence electrons. The molecule has 0 aliphatic carbocycles. The van der Waals surface area contributed by atoms with Gasteiger partial charge in [0.1, 0.15) is 0 Å². The lowest BCUT2D eigenvalue weighted by atomic mass is 10.1. The van der Waals surface area contributed by atoms with E-state index in [9.17, 15) is 8.42 Å². The van der Waals surface area contributed by atoms with Gasteiger partial charge in [-0.1, -0.05) is 29.3 Å². The molecule has 0 radical (unpaired) electrons. The van der Waals surface area contributed by atoms with Crippen molar-refractivity contribution in [2.24, 2.45) is 0 Å². The molecule has 2 rings (SSSR count). The Hall–Kier alpha value is -1.23. The Balaban J connectivity index is 2.35. The van der Waals surface area contributed by atoms with Crippen molar-refractivity contribution in [3.63, 3.8) is 0 Å². The van der Waals surface area contributed by atoms with Crippen molar-refractivity contribution in [1.29, 1.82) is 0 Å². The van der Waals surface area contributed by atoms with Gasteiger partial charge in [0.2, 0.25) is 0 Å². The van der Waals surface area contributed by atoms with Crippen molar-refractivity contribution >= 4 is 38.9 Å². The summed E-state index contributed by atoms with van der Waals surface area (Å²) in [7, 11) is -3.63. The van der Waals surface area contributed by atoms with Crippen molar-refractivity contribution in [2.45, 2.75) is 18.7 Å². The van der Waals surface area contributed by atoms with Gasteiger partial charge < -0.3 is 0 Å². The van der Waals surface area contributed by atoms with Gasteiger partial charge in [-0.2, -0.15) is 0 Å². The molecular formula is C14H13Cl2NO2S. The van der Waals surface area contributed by atoms with E-state index in [0.717, 1.165) is 11.1 Å². The molecule has 0 amide bonds. The third kappa shape index (κ3) is 3.26. The number of rotatable bonds is 3. The number of hydrogen-bond acceptors (Lipinski definition) is 2. The second kappa shape index (κ2) is 5.64. The molecule has 0 atom stereocenters. The highest BCUT2D eigenvalue weighted by atomic mass is 35.5. The number of hydrogen-bond donors (Lipinski definition) is 1. The molecule has 0 heterocycles. The number of aryl methyl sites for hydroxylation is 2. The maximum atomic E-state index is 12.3. The molecule has 2 aromatic carbocycles. The van der Waals surface area contributed by atoms with Gasteiger partial charge in [0.25, 0.3) is 10.0 Å². The summed E-state index contributed by atoms with van der Waals surface area (Å²) in [5.74, 6) is 0. The number of halogens is 2. The Morgan fingerprint density at radius 2 is 1.60 bits per heavy atom. The Morgan fingerprint density at radius 3 is 2.20 bits per heavy atom. The van der Waals surface area contributed by atoms with Crippen LogP contribution in [-0.2, 0) is 10.0 Å². The third-order valence-electron chi connectivity index (χ3n) is 2.96. The summed E-state index contributed by atoms with van der Waals surface area (Å²) in [6.07, 6.45) is 0. The quantitative estimate of drug-likeness (QED) is 0.906. The second-order valence-corrected chi connectivity index (χ2v) is 6.98. The average molecular weight is 330 g/mol. The molecule has 1 N–H and O–H groups in total. The third-order valence-corrected chi connectivity index (χ3v) is 5.08. The minimum Gasteiger partial charge on any atom is -0.280 e. The molecule has 0 unspecified atom stereocenters. The van der Waals surface area contributed by atoms with Crippen LogP contribution in [0.15, 0.2) is 41.3 Å². The Labute approximate surface area is 128 Å². The molecule has 0 aliphatic rings. The lowest BCUT2D eigenvalue weighted by molar-refractivity contribution is 0.601. The monoisotopic (exact) mass is 329 g/mol. The van der Waals surface area contributed by atoms with Crippen LogP contribution in [0.2, 0.25) is 10.0 Å². The molecule has 0 saturated heterocycles. The molecule has 20 heavy (non-hydrogen) atoms. The summed E-state index contributed by atoms with van der Waals surface area (Å²) in [5, 5.41) is 0.674. The van der Waals surface area contributed by atoms with Crippen LogP contribution in [0.25, 0.3) is 0 Å². The van der Waals surface area contributed by atoms with Crippen molar-refractivity contribution < 1.29 is 8.42 Å². The zero-order chi connectivity index (χ0) is 14.9. The average Bonchev–Trinajstić information content (AvgIpc) is 2.37. The summed E-state index contributed by atoms with van der Waals surface area (Å²) < 4.78 is 27.0. The number of nitrogens with one attached hydrogen (secondary N) is 1. The lowest BCUT2D eigenvalue weighted by Gasteiger charge is -2.10. The lowest BCUT2D eigenvalue weighted by Crippen LogP contribution is -2.13. The van der Waals surface area contributed by atoms with Gasteiger partial charge >= 0.3 is 0 Å².